The van der Waals surface area contributed by atoms with Gasteiger partial charge in [-0.3, -0.25) is 9.50 Å². The number of fused-ring (bicyclic) bond motifs is 3. The van der Waals surface area contributed by atoms with Crippen molar-refractivity contribution in [2.24, 2.45) is 5.92 Å². The van der Waals surface area contributed by atoms with Crippen LogP contribution in [-0.4, -0.2) is 26.9 Å². The van der Waals surface area contributed by atoms with Crippen molar-refractivity contribution in [3.05, 3.63) is 71.0 Å². The molecular formula is C20H22FNO3S. The fraction of sp³-hybridized carbons (Fsp3) is 0.400. The van der Waals surface area contributed by atoms with Gasteiger partial charge in [0.15, 0.2) is 0 Å². The van der Waals surface area contributed by atoms with E-state index >= 15 is 0 Å². The third-order valence-electron chi connectivity index (χ3n) is 5.49. The second-order valence-electron chi connectivity index (χ2n) is 7.25. The van der Waals surface area contributed by atoms with Crippen molar-refractivity contribution in [3.63, 3.8) is 0 Å². The fourth-order valence-corrected chi connectivity index (χ4v) is 5.01. The molecule has 2 aromatic carbocycles. The van der Waals surface area contributed by atoms with Crippen molar-refractivity contribution in [3.8, 4) is 0 Å². The average Bonchev–Trinajstić information content (AvgIpc) is 2.93. The predicted molar refractivity (Wildman–Crippen MR) is 97.7 cm³/mol. The van der Waals surface area contributed by atoms with Gasteiger partial charge < -0.3 is 0 Å². The standard InChI is InChI=1S/C20H22FNO3S/c1-26(23,24)25-20-19-16-5-3-2-4-14(16)8-11-17(19)18(22-20)12-13-6-9-15(21)10-7-13/h2-7,9-10,17-20,22H,8,11-12H2,1H3. The van der Waals surface area contributed by atoms with Gasteiger partial charge in [0.1, 0.15) is 12.0 Å². The van der Waals surface area contributed by atoms with Crippen LogP contribution in [0, 0.1) is 11.7 Å². The van der Waals surface area contributed by atoms with Crippen LogP contribution in [0.4, 0.5) is 4.39 Å². The lowest BCUT2D eigenvalue weighted by molar-refractivity contribution is 0.165. The second kappa shape index (κ2) is 6.76. The molecule has 1 heterocycles. The van der Waals surface area contributed by atoms with Gasteiger partial charge in [-0.05, 0) is 54.0 Å². The van der Waals surface area contributed by atoms with E-state index in [0.29, 0.717) is 6.42 Å². The first-order chi connectivity index (χ1) is 12.4. The molecule has 4 unspecified atom stereocenters. The van der Waals surface area contributed by atoms with Crippen LogP contribution in [-0.2, 0) is 27.1 Å². The monoisotopic (exact) mass is 375 g/mol. The van der Waals surface area contributed by atoms with E-state index in [9.17, 15) is 12.8 Å². The van der Waals surface area contributed by atoms with Crippen LogP contribution >= 0.6 is 0 Å². The molecule has 26 heavy (non-hydrogen) atoms. The molecule has 2 aromatic rings. The molecule has 6 heteroatoms. The van der Waals surface area contributed by atoms with E-state index in [2.05, 4.69) is 17.4 Å². The van der Waals surface area contributed by atoms with Crippen molar-refractivity contribution in [1.82, 2.24) is 5.32 Å². The highest BCUT2D eigenvalue weighted by Crippen LogP contribution is 2.45. The van der Waals surface area contributed by atoms with Gasteiger partial charge in [0.25, 0.3) is 10.1 Å². The van der Waals surface area contributed by atoms with Crippen LogP contribution in [0.3, 0.4) is 0 Å². The zero-order chi connectivity index (χ0) is 18.3. The van der Waals surface area contributed by atoms with Crippen molar-refractivity contribution in [1.29, 1.82) is 0 Å². The van der Waals surface area contributed by atoms with Gasteiger partial charge in [0.2, 0.25) is 0 Å². The Labute approximate surface area is 153 Å². The molecule has 1 N–H and O–H groups in total. The van der Waals surface area contributed by atoms with Crippen LogP contribution in [0.25, 0.3) is 0 Å². The Kier molecular flexibility index (Phi) is 4.59. The number of hydrogen-bond donors (Lipinski definition) is 1. The molecular weight excluding hydrogens is 353 g/mol. The average molecular weight is 375 g/mol. The van der Waals surface area contributed by atoms with Gasteiger partial charge in [-0.2, -0.15) is 8.42 Å². The highest BCUT2D eigenvalue weighted by molar-refractivity contribution is 7.86. The van der Waals surface area contributed by atoms with E-state index in [0.717, 1.165) is 24.7 Å². The normalized spacial score (nSPS) is 27.8. The number of nitrogens with one attached hydrogen (secondary N) is 1. The smallest absolute Gasteiger partial charge is 0.265 e. The Bertz CT molecular complexity index is 898. The lowest BCUT2D eigenvalue weighted by atomic mass is 9.73. The first kappa shape index (κ1) is 17.6. The number of halogens is 1. The number of benzene rings is 2. The Hall–Kier alpha value is -1.76. The summed E-state index contributed by atoms with van der Waals surface area (Å²) in [5, 5.41) is 3.40. The molecule has 0 radical (unpaired) electrons. The summed E-state index contributed by atoms with van der Waals surface area (Å²) in [6, 6.07) is 14.8. The third-order valence-corrected chi connectivity index (χ3v) is 6.05. The molecule has 1 aliphatic carbocycles. The van der Waals surface area contributed by atoms with Gasteiger partial charge in [-0.15, -0.1) is 0 Å². The molecule has 138 valence electrons. The summed E-state index contributed by atoms with van der Waals surface area (Å²) < 4.78 is 42.1. The zero-order valence-corrected chi connectivity index (χ0v) is 15.4. The van der Waals surface area contributed by atoms with Gasteiger partial charge in [0.05, 0.1) is 6.26 Å². The maximum atomic E-state index is 13.2. The van der Waals surface area contributed by atoms with Gasteiger partial charge in [-0.25, -0.2) is 4.39 Å². The summed E-state index contributed by atoms with van der Waals surface area (Å²) in [5.41, 5.74) is 3.47. The minimum Gasteiger partial charge on any atom is -0.287 e. The first-order valence-corrected chi connectivity index (χ1v) is 10.7. The lowest BCUT2D eigenvalue weighted by Crippen LogP contribution is -2.36. The summed E-state index contributed by atoms with van der Waals surface area (Å²) in [5.74, 6) is 0.0257. The molecule has 4 nitrogen and oxygen atoms in total. The summed E-state index contributed by atoms with van der Waals surface area (Å²) in [6.07, 6.45) is 3.19. The minimum atomic E-state index is -3.57. The highest BCUT2D eigenvalue weighted by Gasteiger charge is 2.47. The molecule has 0 saturated carbocycles. The Morgan fingerprint density at radius 2 is 1.88 bits per heavy atom. The zero-order valence-electron chi connectivity index (χ0n) is 14.6. The van der Waals surface area contributed by atoms with Crippen molar-refractivity contribution >= 4 is 10.1 Å². The van der Waals surface area contributed by atoms with Crippen molar-refractivity contribution in [2.45, 2.75) is 37.5 Å². The van der Waals surface area contributed by atoms with E-state index < -0.39 is 16.3 Å². The van der Waals surface area contributed by atoms with Gasteiger partial charge in [-0.1, -0.05) is 36.4 Å². The number of hydrogen-bond acceptors (Lipinski definition) is 4. The first-order valence-electron chi connectivity index (χ1n) is 8.87. The molecule has 0 bridgehead atoms. The highest BCUT2D eigenvalue weighted by atomic mass is 32.2. The molecule has 0 spiro atoms. The van der Waals surface area contributed by atoms with Crippen molar-refractivity contribution in [2.75, 3.05) is 6.26 Å². The Morgan fingerprint density at radius 3 is 2.62 bits per heavy atom. The fourth-order valence-electron chi connectivity index (χ4n) is 4.46. The summed E-state index contributed by atoms with van der Waals surface area (Å²) in [4.78, 5) is 0. The molecule has 4 atom stereocenters. The van der Waals surface area contributed by atoms with Crippen LogP contribution in [0.5, 0.6) is 0 Å². The van der Waals surface area contributed by atoms with Crippen LogP contribution in [0.1, 0.15) is 29.0 Å². The molecule has 1 saturated heterocycles. The van der Waals surface area contributed by atoms with E-state index in [-0.39, 0.29) is 23.7 Å². The quantitative estimate of drug-likeness (QED) is 0.835. The topological polar surface area (TPSA) is 55.4 Å². The van der Waals surface area contributed by atoms with Gasteiger partial charge >= 0.3 is 0 Å². The molecule has 1 aliphatic heterocycles. The number of aryl methyl sites for hydroxylation is 1. The summed E-state index contributed by atoms with van der Waals surface area (Å²) >= 11 is 0. The van der Waals surface area contributed by atoms with E-state index in [4.69, 9.17) is 4.18 Å². The minimum absolute atomic E-state index is 0.000114. The van der Waals surface area contributed by atoms with Crippen molar-refractivity contribution < 1.29 is 17.0 Å². The molecule has 1 fully saturated rings. The van der Waals surface area contributed by atoms with E-state index in [1.54, 1.807) is 12.1 Å². The number of rotatable bonds is 4. The largest absolute Gasteiger partial charge is 0.287 e. The molecule has 0 aromatic heterocycles. The predicted octanol–water partition coefficient (Wildman–Crippen LogP) is 2.99. The lowest BCUT2D eigenvalue weighted by Gasteiger charge is -2.32. The van der Waals surface area contributed by atoms with Crippen LogP contribution in [0.15, 0.2) is 48.5 Å². The van der Waals surface area contributed by atoms with Crippen LogP contribution < -0.4 is 5.32 Å². The SMILES string of the molecule is CS(=O)(=O)OC1NC(Cc2ccc(F)cc2)C2CCc3ccccc3C12. The Balaban J connectivity index is 1.65. The Morgan fingerprint density at radius 1 is 1.15 bits per heavy atom. The van der Waals surface area contributed by atoms with E-state index in [1.807, 2.05) is 12.1 Å². The third kappa shape index (κ3) is 3.54. The second-order valence-corrected chi connectivity index (χ2v) is 8.85. The molecule has 0 amide bonds. The van der Waals surface area contributed by atoms with Crippen LogP contribution in [0.2, 0.25) is 0 Å². The van der Waals surface area contributed by atoms with Gasteiger partial charge in [0, 0.05) is 12.0 Å². The summed E-state index contributed by atoms with van der Waals surface area (Å²) in [6.45, 7) is 0. The van der Waals surface area contributed by atoms with E-state index in [1.165, 1.54) is 23.3 Å². The maximum absolute atomic E-state index is 13.2. The molecule has 4 rings (SSSR count). The molecule has 2 aliphatic rings. The summed E-state index contributed by atoms with van der Waals surface area (Å²) in [7, 11) is -3.57. The maximum Gasteiger partial charge on any atom is 0.265 e.